The van der Waals surface area contributed by atoms with Gasteiger partial charge in [-0.3, -0.25) is 9.36 Å². The minimum absolute atomic E-state index is 0.0214. The van der Waals surface area contributed by atoms with E-state index in [1.54, 1.807) is 17.1 Å². The molecule has 70 valence electrons. The molecule has 0 saturated carbocycles. The monoisotopic (exact) mass is 290 g/mol. The van der Waals surface area contributed by atoms with Crippen LogP contribution in [-0.4, -0.2) is 9.55 Å². The minimum atomic E-state index is 0.0214. The Kier molecular flexibility index (Phi) is 3.65. The van der Waals surface area contributed by atoms with Gasteiger partial charge in [0.15, 0.2) is 0 Å². The van der Waals surface area contributed by atoms with Crippen LogP contribution in [0, 0.1) is 3.57 Å². The standard InChI is InChI=1S/C9H11IN2O/c1-7(2)3-4-12-6-11-5-8(10)9(12)13/h3,5-6H,4H2,1-2H3. The van der Waals surface area contributed by atoms with Crippen LogP contribution in [0.4, 0.5) is 0 Å². The van der Waals surface area contributed by atoms with Crippen LogP contribution in [0.15, 0.2) is 29.0 Å². The highest BCUT2D eigenvalue weighted by molar-refractivity contribution is 14.1. The van der Waals surface area contributed by atoms with Crippen LogP contribution in [0.1, 0.15) is 13.8 Å². The third kappa shape index (κ3) is 2.95. The molecule has 0 aliphatic carbocycles. The third-order valence-electron chi connectivity index (χ3n) is 1.56. The summed E-state index contributed by atoms with van der Waals surface area (Å²) < 4.78 is 2.25. The smallest absolute Gasteiger partial charge is 0.267 e. The average molecular weight is 290 g/mol. The molecule has 4 heteroatoms. The summed E-state index contributed by atoms with van der Waals surface area (Å²) >= 11 is 1.99. The molecule has 0 aromatic carbocycles. The van der Waals surface area contributed by atoms with E-state index in [4.69, 9.17) is 0 Å². The van der Waals surface area contributed by atoms with E-state index in [1.165, 1.54) is 5.57 Å². The Morgan fingerprint density at radius 2 is 2.38 bits per heavy atom. The number of aromatic nitrogens is 2. The van der Waals surface area contributed by atoms with E-state index in [2.05, 4.69) is 4.98 Å². The number of nitrogens with zero attached hydrogens (tertiary/aromatic N) is 2. The van der Waals surface area contributed by atoms with Crippen LogP contribution < -0.4 is 5.56 Å². The van der Waals surface area contributed by atoms with Crippen molar-refractivity contribution in [2.24, 2.45) is 0 Å². The maximum Gasteiger partial charge on any atom is 0.267 e. The lowest BCUT2D eigenvalue weighted by Crippen LogP contribution is -2.21. The molecule has 0 radical (unpaired) electrons. The van der Waals surface area contributed by atoms with Crippen LogP contribution in [0.2, 0.25) is 0 Å². The SMILES string of the molecule is CC(C)=CCn1cncc(I)c1=O. The summed E-state index contributed by atoms with van der Waals surface area (Å²) in [5.41, 5.74) is 1.22. The molecule has 0 saturated heterocycles. The van der Waals surface area contributed by atoms with E-state index in [-0.39, 0.29) is 5.56 Å². The first-order valence-corrected chi connectivity index (χ1v) is 5.02. The quantitative estimate of drug-likeness (QED) is 0.615. The van der Waals surface area contributed by atoms with Crippen molar-refractivity contribution in [3.8, 4) is 0 Å². The predicted molar refractivity (Wildman–Crippen MR) is 60.6 cm³/mol. The molecule has 0 aliphatic rings. The molecule has 0 bridgehead atoms. The zero-order valence-corrected chi connectivity index (χ0v) is 9.78. The molecule has 13 heavy (non-hydrogen) atoms. The summed E-state index contributed by atoms with van der Waals surface area (Å²) in [5.74, 6) is 0. The molecule has 0 spiro atoms. The van der Waals surface area contributed by atoms with Gasteiger partial charge in [-0.15, -0.1) is 0 Å². The van der Waals surface area contributed by atoms with Crippen molar-refractivity contribution in [1.82, 2.24) is 9.55 Å². The van der Waals surface area contributed by atoms with Crippen LogP contribution in [0.5, 0.6) is 0 Å². The van der Waals surface area contributed by atoms with Gasteiger partial charge in [0.1, 0.15) is 0 Å². The molecule has 0 unspecified atom stereocenters. The van der Waals surface area contributed by atoms with Crippen molar-refractivity contribution in [1.29, 1.82) is 0 Å². The van der Waals surface area contributed by atoms with Crippen LogP contribution in [0.3, 0.4) is 0 Å². The lowest BCUT2D eigenvalue weighted by molar-refractivity contribution is 0.743. The van der Waals surface area contributed by atoms with E-state index in [0.717, 1.165) is 0 Å². The molecule has 0 amide bonds. The lowest BCUT2D eigenvalue weighted by Gasteiger charge is -2.00. The van der Waals surface area contributed by atoms with Crippen LogP contribution in [0.25, 0.3) is 0 Å². The van der Waals surface area contributed by atoms with Gasteiger partial charge in [-0.1, -0.05) is 11.6 Å². The van der Waals surface area contributed by atoms with Gasteiger partial charge in [0.2, 0.25) is 0 Å². The first kappa shape index (κ1) is 10.4. The highest BCUT2D eigenvalue weighted by Crippen LogP contribution is 1.94. The molecule has 3 nitrogen and oxygen atoms in total. The molecule has 1 heterocycles. The van der Waals surface area contributed by atoms with Gasteiger partial charge in [-0.2, -0.15) is 0 Å². The highest BCUT2D eigenvalue weighted by atomic mass is 127. The largest absolute Gasteiger partial charge is 0.294 e. The fourth-order valence-electron chi connectivity index (χ4n) is 0.835. The first-order chi connectivity index (χ1) is 6.11. The van der Waals surface area contributed by atoms with Crippen LogP contribution in [-0.2, 0) is 6.54 Å². The predicted octanol–water partition coefficient (Wildman–Crippen LogP) is 1.81. The zero-order valence-electron chi connectivity index (χ0n) is 7.62. The van der Waals surface area contributed by atoms with E-state index in [1.807, 2.05) is 42.5 Å². The Morgan fingerprint density at radius 1 is 1.69 bits per heavy atom. The Hall–Kier alpha value is -0.650. The Bertz CT molecular complexity index is 377. The summed E-state index contributed by atoms with van der Waals surface area (Å²) in [6.45, 7) is 4.61. The molecule has 1 aromatic rings. The Morgan fingerprint density at radius 3 is 3.00 bits per heavy atom. The number of allylic oxidation sites excluding steroid dienone is 2. The maximum absolute atomic E-state index is 11.5. The van der Waals surface area contributed by atoms with Gasteiger partial charge in [0, 0.05) is 12.7 Å². The normalized spacial score (nSPS) is 9.77. The summed E-state index contributed by atoms with van der Waals surface area (Å²) in [4.78, 5) is 15.4. The van der Waals surface area contributed by atoms with Gasteiger partial charge >= 0.3 is 0 Å². The topological polar surface area (TPSA) is 34.9 Å². The van der Waals surface area contributed by atoms with Gasteiger partial charge < -0.3 is 0 Å². The van der Waals surface area contributed by atoms with E-state index in [9.17, 15) is 4.79 Å². The molecular formula is C9H11IN2O. The first-order valence-electron chi connectivity index (χ1n) is 3.94. The third-order valence-corrected chi connectivity index (χ3v) is 2.30. The number of hydrogen-bond donors (Lipinski definition) is 0. The second kappa shape index (κ2) is 4.55. The Balaban J connectivity index is 2.97. The van der Waals surface area contributed by atoms with Crippen molar-refractivity contribution < 1.29 is 0 Å². The van der Waals surface area contributed by atoms with Gasteiger partial charge in [0.25, 0.3) is 5.56 Å². The molecule has 0 N–H and O–H groups in total. The van der Waals surface area contributed by atoms with Crippen molar-refractivity contribution in [2.75, 3.05) is 0 Å². The average Bonchev–Trinajstić information content (AvgIpc) is 2.07. The number of halogens is 1. The lowest BCUT2D eigenvalue weighted by atomic mass is 10.3. The molecule has 0 atom stereocenters. The van der Waals surface area contributed by atoms with Crippen molar-refractivity contribution in [3.05, 3.63) is 38.1 Å². The van der Waals surface area contributed by atoms with Crippen LogP contribution >= 0.6 is 22.6 Å². The fourth-order valence-corrected chi connectivity index (χ4v) is 1.31. The van der Waals surface area contributed by atoms with Crippen molar-refractivity contribution in [3.63, 3.8) is 0 Å². The molecule has 1 aromatic heterocycles. The molecule has 0 fully saturated rings. The van der Waals surface area contributed by atoms with Gasteiger partial charge in [-0.25, -0.2) is 4.98 Å². The van der Waals surface area contributed by atoms with E-state index in [0.29, 0.717) is 10.1 Å². The second-order valence-electron chi connectivity index (χ2n) is 2.98. The van der Waals surface area contributed by atoms with E-state index >= 15 is 0 Å². The summed E-state index contributed by atoms with van der Waals surface area (Å²) in [7, 11) is 0. The summed E-state index contributed by atoms with van der Waals surface area (Å²) in [6.07, 6.45) is 5.13. The highest BCUT2D eigenvalue weighted by Gasteiger charge is 1.97. The maximum atomic E-state index is 11.5. The molecule has 1 rings (SSSR count). The van der Waals surface area contributed by atoms with Gasteiger partial charge in [0.05, 0.1) is 9.90 Å². The van der Waals surface area contributed by atoms with Crippen molar-refractivity contribution >= 4 is 22.6 Å². The minimum Gasteiger partial charge on any atom is -0.294 e. The van der Waals surface area contributed by atoms with E-state index < -0.39 is 0 Å². The molecule has 0 aliphatic heterocycles. The summed E-state index contributed by atoms with van der Waals surface area (Å²) in [5, 5.41) is 0. The number of hydrogen-bond acceptors (Lipinski definition) is 2. The fraction of sp³-hybridized carbons (Fsp3) is 0.333. The van der Waals surface area contributed by atoms with Gasteiger partial charge in [-0.05, 0) is 36.4 Å². The zero-order chi connectivity index (χ0) is 9.84. The molecular weight excluding hydrogens is 279 g/mol. The second-order valence-corrected chi connectivity index (χ2v) is 4.14. The number of rotatable bonds is 2. The van der Waals surface area contributed by atoms with Crippen molar-refractivity contribution in [2.45, 2.75) is 20.4 Å². The Labute approximate surface area is 90.6 Å². The summed E-state index contributed by atoms with van der Waals surface area (Å²) in [6, 6.07) is 0.